The molecule has 1 aromatic heterocycles. The van der Waals surface area contributed by atoms with Gasteiger partial charge in [-0.1, -0.05) is 35.3 Å². The first kappa shape index (κ1) is 22.0. The number of nitrogen functional groups attached to an aromatic ring is 1. The molecular formula is C20H22Cl2F2N6O. The van der Waals surface area contributed by atoms with E-state index in [2.05, 4.69) is 9.97 Å². The van der Waals surface area contributed by atoms with Gasteiger partial charge in [0.05, 0.1) is 15.6 Å². The van der Waals surface area contributed by atoms with Crippen LogP contribution in [0.4, 0.5) is 20.5 Å². The van der Waals surface area contributed by atoms with Crippen LogP contribution in [0.25, 0.3) is 11.1 Å². The van der Waals surface area contributed by atoms with Gasteiger partial charge in [0.25, 0.3) is 5.91 Å². The average molecular weight is 471 g/mol. The van der Waals surface area contributed by atoms with E-state index < -0.39 is 23.3 Å². The van der Waals surface area contributed by atoms with Crippen LogP contribution in [0.15, 0.2) is 18.2 Å². The van der Waals surface area contributed by atoms with Gasteiger partial charge in [0.1, 0.15) is 11.5 Å². The van der Waals surface area contributed by atoms with Crippen molar-refractivity contribution in [2.24, 2.45) is 16.9 Å². The maximum absolute atomic E-state index is 13.9. The number of nitrogens with zero attached hydrogens (tertiary/aromatic N) is 3. The van der Waals surface area contributed by atoms with Crippen LogP contribution < -0.4 is 22.1 Å². The number of carbonyl (C=O) groups is 1. The van der Waals surface area contributed by atoms with E-state index in [1.807, 2.05) is 0 Å². The predicted molar refractivity (Wildman–Crippen MR) is 116 cm³/mol. The molecule has 6 N–H and O–H groups in total. The molecule has 2 fully saturated rings. The van der Waals surface area contributed by atoms with Gasteiger partial charge in [-0.05, 0) is 24.3 Å². The number of hydrogen-bond acceptors (Lipinski definition) is 6. The van der Waals surface area contributed by atoms with E-state index in [-0.39, 0.29) is 45.9 Å². The highest BCUT2D eigenvalue weighted by atomic mass is 35.5. The Bertz CT molecular complexity index is 1040. The van der Waals surface area contributed by atoms with Gasteiger partial charge in [-0.15, -0.1) is 0 Å². The summed E-state index contributed by atoms with van der Waals surface area (Å²) >= 11 is 12.4. The lowest BCUT2D eigenvalue weighted by Crippen LogP contribution is -2.47. The highest BCUT2D eigenvalue weighted by Crippen LogP contribution is 2.52. The molecule has 4 rings (SSSR count). The van der Waals surface area contributed by atoms with Gasteiger partial charge >= 0.3 is 0 Å². The second kappa shape index (κ2) is 7.72. The minimum absolute atomic E-state index is 0.0207. The number of rotatable bonds is 3. The predicted octanol–water partition coefficient (Wildman–Crippen LogP) is 3.47. The van der Waals surface area contributed by atoms with Crippen LogP contribution in [-0.2, 0) is 0 Å². The van der Waals surface area contributed by atoms with E-state index in [9.17, 15) is 13.6 Å². The molecule has 1 aliphatic heterocycles. The Morgan fingerprint density at radius 2 is 1.87 bits per heavy atom. The number of hydrogen-bond donors (Lipinski definition) is 3. The summed E-state index contributed by atoms with van der Waals surface area (Å²) in [6, 6.07) is 4.35. The van der Waals surface area contributed by atoms with Crippen molar-refractivity contribution in [2.75, 3.05) is 23.7 Å². The first-order valence-corrected chi connectivity index (χ1v) is 10.6. The zero-order chi connectivity index (χ0) is 22.6. The van der Waals surface area contributed by atoms with Crippen LogP contribution in [0.1, 0.15) is 36.2 Å². The lowest BCUT2D eigenvalue weighted by atomic mass is 9.74. The molecule has 31 heavy (non-hydrogen) atoms. The molecule has 1 aromatic carbocycles. The molecule has 1 aliphatic carbocycles. The fourth-order valence-electron chi connectivity index (χ4n) is 4.70. The van der Waals surface area contributed by atoms with E-state index in [1.165, 1.54) is 0 Å². The van der Waals surface area contributed by atoms with Gasteiger partial charge in [-0.25, -0.2) is 13.8 Å². The van der Waals surface area contributed by atoms with Crippen LogP contribution in [0, 0.1) is 5.41 Å². The van der Waals surface area contributed by atoms with Crippen molar-refractivity contribution < 1.29 is 13.6 Å². The minimum atomic E-state index is -2.74. The zero-order valence-electron chi connectivity index (χ0n) is 16.5. The lowest BCUT2D eigenvalue weighted by molar-refractivity contribution is -0.00686. The molecule has 7 nitrogen and oxygen atoms in total. The number of amides is 1. The number of piperidine rings is 1. The molecular weight excluding hydrogens is 449 g/mol. The first-order chi connectivity index (χ1) is 14.5. The van der Waals surface area contributed by atoms with E-state index in [0.717, 1.165) is 0 Å². The number of nitrogens with two attached hydrogens (primary N) is 3. The van der Waals surface area contributed by atoms with Crippen LogP contribution in [-0.4, -0.2) is 40.9 Å². The third-order valence-corrected chi connectivity index (χ3v) is 7.16. The van der Waals surface area contributed by atoms with E-state index in [0.29, 0.717) is 31.5 Å². The van der Waals surface area contributed by atoms with Gasteiger partial charge in [-0.2, -0.15) is 4.98 Å². The van der Waals surface area contributed by atoms with Crippen molar-refractivity contribution in [2.45, 2.75) is 37.6 Å². The van der Waals surface area contributed by atoms with Crippen LogP contribution in [0.5, 0.6) is 0 Å². The zero-order valence-corrected chi connectivity index (χ0v) is 18.1. The maximum atomic E-state index is 13.9. The van der Waals surface area contributed by atoms with E-state index in [1.54, 1.807) is 23.1 Å². The number of halogens is 4. The SMILES string of the molecule is NC(=O)c1nc(N2CCC3(CC2)CC(F)(F)C[C@H]3N)nc(N)c1-c1cccc(Cl)c1Cl. The Labute approximate surface area is 187 Å². The number of alkyl halides is 2. The Morgan fingerprint density at radius 1 is 1.19 bits per heavy atom. The molecule has 2 heterocycles. The molecule has 1 amide bonds. The topological polar surface area (TPSA) is 124 Å². The van der Waals surface area contributed by atoms with Crippen LogP contribution in [0.3, 0.4) is 0 Å². The van der Waals surface area contributed by atoms with Crippen molar-refractivity contribution in [1.82, 2.24) is 9.97 Å². The highest BCUT2D eigenvalue weighted by Gasteiger charge is 2.55. The molecule has 2 aromatic rings. The molecule has 1 saturated heterocycles. The molecule has 166 valence electrons. The number of benzene rings is 1. The first-order valence-electron chi connectivity index (χ1n) is 9.83. The van der Waals surface area contributed by atoms with Gasteiger partial charge in [0.2, 0.25) is 11.9 Å². The minimum Gasteiger partial charge on any atom is -0.383 e. The molecule has 11 heteroatoms. The van der Waals surface area contributed by atoms with Crippen molar-refractivity contribution in [3.05, 3.63) is 33.9 Å². The molecule has 1 atom stereocenters. The fourth-order valence-corrected chi connectivity index (χ4v) is 5.10. The largest absolute Gasteiger partial charge is 0.383 e. The molecule has 2 aliphatic rings. The number of primary amides is 1. The summed E-state index contributed by atoms with van der Waals surface area (Å²) in [6.45, 7) is 0.831. The normalized spacial score (nSPS) is 22.1. The van der Waals surface area contributed by atoms with Crippen LogP contribution >= 0.6 is 23.2 Å². The number of carbonyl (C=O) groups excluding carboxylic acids is 1. The molecule has 0 bridgehead atoms. The van der Waals surface area contributed by atoms with Gasteiger partial charge in [0.15, 0.2) is 0 Å². The summed E-state index contributed by atoms with van der Waals surface area (Å²) < 4.78 is 27.8. The van der Waals surface area contributed by atoms with Crippen LogP contribution in [0.2, 0.25) is 10.0 Å². The van der Waals surface area contributed by atoms with E-state index >= 15 is 0 Å². The number of anilines is 2. The Kier molecular flexibility index (Phi) is 5.47. The van der Waals surface area contributed by atoms with Crippen molar-refractivity contribution in [3.63, 3.8) is 0 Å². The average Bonchev–Trinajstić information content (AvgIpc) is 2.92. The van der Waals surface area contributed by atoms with Crippen molar-refractivity contribution >= 4 is 40.9 Å². The summed E-state index contributed by atoms with van der Waals surface area (Å²) in [5, 5.41) is 0.481. The highest BCUT2D eigenvalue weighted by molar-refractivity contribution is 6.44. The Hall–Kier alpha value is -2.23. The summed E-state index contributed by atoms with van der Waals surface area (Å²) in [7, 11) is 0. The molecule has 1 saturated carbocycles. The van der Waals surface area contributed by atoms with Crippen molar-refractivity contribution in [1.29, 1.82) is 0 Å². The molecule has 0 radical (unpaired) electrons. The summed E-state index contributed by atoms with van der Waals surface area (Å²) in [5.74, 6) is -3.31. The second-order valence-electron chi connectivity index (χ2n) is 8.29. The second-order valence-corrected chi connectivity index (χ2v) is 9.08. The summed E-state index contributed by atoms with van der Waals surface area (Å²) in [4.78, 5) is 22.7. The maximum Gasteiger partial charge on any atom is 0.268 e. The lowest BCUT2D eigenvalue weighted by Gasteiger charge is -2.41. The van der Waals surface area contributed by atoms with Gasteiger partial charge in [0, 0.05) is 37.5 Å². The quantitative estimate of drug-likeness (QED) is 0.630. The van der Waals surface area contributed by atoms with Crippen molar-refractivity contribution in [3.8, 4) is 11.1 Å². The third-order valence-electron chi connectivity index (χ3n) is 6.34. The summed E-state index contributed by atoms with van der Waals surface area (Å²) in [5.41, 5.74) is 17.7. The fraction of sp³-hybridized carbons (Fsp3) is 0.450. The summed E-state index contributed by atoms with van der Waals surface area (Å²) in [6.07, 6.45) is 0.440. The number of aromatic nitrogens is 2. The molecule has 0 unspecified atom stereocenters. The van der Waals surface area contributed by atoms with Gasteiger partial charge in [-0.3, -0.25) is 4.79 Å². The Balaban J connectivity index is 1.66. The molecule has 1 spiro atoms. The van der Waals surface area contributed by atoms with Gasteiger partial charge < -0.3 is 22.1 Å². The third kappa shape index (κ3) is 3.90. The Morgan fingerprint density at radius 3 is 2.45 bits per heavy atom. The monoisotopic (exact) mass is 470 g/mol. The van der Waals surface area contributed by atoms with E-state index in [4.69, 9.17) is 40.4 Å². The standard InChI is InChI=1S/C20H22Cl2F2N6O/c21-11-3-1-2-10(14(11)22)13-15(17(27)31)28-18(29-16(13)26)30-6-4-19(5-7-30)9-20(23,24)8-12(19)25/h1-3,12H,4-9,25H2,(H2,27,31)(H2,26,28,29)/t12-/m1/s1. The smallest absolute Gasteiger partial charge is 0.268 e.